The molecule has 0 aromatic carbocycles. The smallest absolute Gasteiger partial charge is 0.325 e. The van der Waals surface area contributed by atoms with Crippen LogP contribution < -0.4 is 10.1 Å². The Labute approximate surface area is 208 Å². The second-order valence-electron chi connectivity index (χ2n) is 10.3. The minimum Gasteiger partial charge on any atom is -0.496 e. The molecular weight excluding hydrogens is 445 g/mol. The van der Waals surface area contributed by atoms with Crippen LogP contribution in [0.4, 0.5) is 10.2 Å². The van der Waals surface area contributed by atoms with E-state index in [2.05, 4.69) is 11.9 Å². The molecule has 7 heteroatoms. The average molecular weight is 486 g/mol. The third-order valence-corrected chi connectivity index (χ3v) is 7.83. The molecule has 1 saturated carbocycles. The van der Waals surface area contributed by atoms with Gasteiger partial charge in [-0.2, -0.15) is 0 Å². The van der Waals surface area contributed by atoms with E-state index in [4.69, 9.17) is 9.72 Å². The number of rotatable bonds is 12. The van der Waals surface area contributed by atoms with Crippen LogP contribution in [0.25, 0.3) is 0 Å². The normalized spacial score (nSPS) is 22.3. The molecule has 3 atom stereocenters. The first-order chi connectivity index (χ1) is 16.9. The van der Waals surface area contributed by atoms with Crippen molar-refractivity contribution < 1.29 is 19.0 Å². The van der Waals surface area contributed by atoms with Crippen LogP contribution in [0.5, 0.6) is 5.75 Å². The van der Waals surface area contributed by atoms with Crippen molar-refractivity contribution in [2.45, 2.75) is 76.9 Å². The third-order valence-electron chi connectivity index (χ3n) is 7.83. The molecule has 2 N–H and O–H groups in total. The first-order valence-electron chi connectivity index (χ1n) is 13.2. The van der Waals surface area contributed by atoms with E-state index in [-0.39, 0.29) is 5.92 Å². The number of aryl methyl sites for hydroxylation is 1. The fourth-order valence-corrected chi connectivity index (χ4v) is 5.67. The molecule has 35 heavy (non-hydrogen) atoms. The van der Waals surface area contributed by atoms with Crippen LogP contribution in [0.1, 0.15) is 63.1 Å². The van der Waals surface area contributed by atoms with Gasteiger partial charge in [-0.3, -0.25) is 9.69 Å². The lowest BCUT2D eigenvalue weighted by Crippen LogP contribution is -2.42. The minimum absolute atomic E-state index is 0.115. The largest absolute Gasteiger partial charge is 0.496 e. The average Bonchev–Trinajstić information content (AvgIpc) is 3.60. The van der Waals surface area contributed by atoms with E-state index in [9.17, 15) is 9.90 Å². The monoisotopic (exact) mass is 485 g/mol. The summed E-state index contributed by atoms with van der Waals surface area (Å²) in [5.74, 6) is 1.26. The van der Waals surface area contributed by atoms with Crippen LogP contribution in [0.15, 0.2) is 29.9 Å². The van der Waals surface area contributed by atoms with Crippen molar-refractivity contribution in [3.05, 3.63) is 41.1 Å². The second-order valence-corrected chi connectivity index (χ2v) is 10.3. The van der Waals surface area contributed by atoms with Crippen molar-refractivity contribution in [2.75, 3.05) is 32.1 Å². The maximum Gasteiger partial charge on any atom is 0.325 e. The van der Waals surface area contributed by atoms with Gasteiger partial charge in [0.1, 0.15) is 23.8 Å². The molecule has 1 saturated heterocycles. The molecule has 3 aliphatic rings. The van der Waals surface area contributed by atoms with Crippen LogP contribution in [-0.4, -0.2) is 59.9 Å². The molecule has 4 rings (SSSR count). The molecular formula is C28H40FN3O3. The van der Waals surface area contributed by atoms with E-state index in [1.54, 1.807) is 7.11 Å². The Hall–Kier alpha value is -2.41. The van der Waals surface area contributed by atoms with Crippen molar-refractivity contribution in [3.8, 4) is 5.75 Å². The highest BCUT2D eigenvalue weighted by Crippen LogP contribution is 2.41. The van der Waals surface area contributed by atoms with Crippen molar-refractivity contribution in [1.82, 2.24) is 9.88 Å². The van der Waals surface area contributed by atoms with Crippen molar-refractivity contribution in [3.63, 3.8) is 0 Å². The van der Waals surface area contributed by atoms with Crippen molar-refractivity contribution in [1.29, 1.82) is 0 Å². The van der Waals surface area contributed by atoms with E-state index in [0.717, 1.165) is 85.5 Å². The van der Waals surface area contributed by atoms with Crippen molar-refractivity contribution in [2.24, 2.45) is 11.8 Å². The number of hydrogen-bond donors (Lipinski definition) is 2. The van der Waals surface area contributed by atoms with Gasteiger partial charge in [-0.15, -0.1) is 0 Å². The number of likely N-dealkylation sites (tertiary alicyclic amines) is 1. The van der Waals surface area contributed by atoms with Gasteiger partial charge in [-0.25, -0.2) is 9.37 Å². The first-order valence-corrected chi connectivity index (χ1v) is 13.2. The summed E-state index contributed by atoms with van der Waals surface area (Å²) in [6.45, 7) is 8.09. The number of hydrogen-bond acceptors (Lipinski definition) is 5. The van der Waals surface area contributed by atoms with Crippen LogP contribution in [0.2, 0.25) is 0 Å². The number of aliphatic carboxylic acids is 1. The highest BCUT2D eigenvalue weighted by Gasteiger charge is 2.40. The Morgan fingerprint density at radius 2 is 2.20 bits per heavy atom. The molecule has 2 fully saturated rings. The zero-order valence-corrected chi connectivity index (χ0v) is 21.2. The van der Waals surface area contributed by atoms with Crippen LogP contribution >= 0.6 is 0 Å². The van der Waals surface area contributed by atoms with Crippen molar-refractivity contribution >= 4 is 11.8 Å². The molecule has 192 valence electrons. The number of ether oxygens (including phenoxy) is 1. The Kier molecular flexibility index (Phi) is 8.47. The molecule has 0 unspecified atom stereocenters. The highest BCUT2D eigenvalue weighted by atomic mass is 19.1. The summed E-state index contributed by atoms with van der Waals surface area (Å²) in [6, 6.07) is 1.30. The standard InChI is InChI=1S/C28H40FN3O3/c1-4-22(18(2)19-11-12-19)26(28(33)34)32-15-13-20(17-32)24(29)10-6-5-8-21-16-25(35-3)23-9-7-14-30-27(23)31-21/h4,16,19-20,24,26H,2,5-15,17H2,1,3H3,(H,30,31)(H,33,34)/b22-4+/t20-,24-,26-/m1/s1. The van der Waals surface area contributed by atoms with E-state index in [1.165, 1.54) is 0 Å². The summed E-state index contributed by atoms with van der Waals surface area (Å²) in [5, 5.41) is 13.3. The lowest BCUT2D eigenvalue weighted by molar-refractivity contribution is -0.141. The lowest BCUT2D eigenvalue weighted by Gasteiger charge is -2.28. The predicted octanol–water partition coefficient (Wildman–Crippen LogP) is 5.19. The lowest BCUT2D eigenvalue weighted by atomic mass is 9.94. The molecule has 6 nitrogen and oxygen atoms in total. The van der Waals surface area contributed by atoms with Gasteiger partial charge in [0.2, 0.25) is 0 Å². The summed E-state index contributed by atoms with van der Waals surface area (Å²) >= 11 is 0. The number of anilines is 1. The summed E-state index contributed by atoms with van der Waals surface area (Å²) < 4.78 is 20.7. The summed E-state index contributed by atoms with van der Waals surface area (Å²) in [4.78, 5) is 18.9. The Bertz CT molecular complexity index is 942. The van der Waals surface area contributed by atoms with E-state index in [1.807, 2.05) is 24.0 Å². The molecule has 3 heterocycles. The molecule has 1 aromatic heterocycles. The van der Waals surface area contributed by atoms with Gasteiger partial charge < -0.3 is 15.2 Å². The van der Waals surface area contributed by atoms with Gasteiger partial charge in [0.05, 0.1) is 7.11 Å². The maximum absolute atomic E-state index is 15.1. The third kappa shape index (κ3) is 6.05. The Balaban J connectivity index is 1.27. The number of pyridine rings is 1. The van der Waals surface area contributed by atoms with Gasteiger partial charge in [0.25, 0.3) is 0 Å². The van der Waals surface area contributed by atoms with Gasteiger partial charge in [0.15, 0.2) is 0 Å². The summed E-state index contributed by atoms with van der Waals surface area (Å²) in [6.07, 6.45) is 8.86. The molecule has 1 aromatic rings. The number of nitrogens with zero attached hydrogens (tertiary/aromatic N) is 2. The van der Waals surface area contributed by atoms with E-state index >= 15 is 4.39 Å². The number of carboxylic acid groups (broad SMARTS) is 1. The van der Waals surface area contributed by atoms with E-state index in [0.29, 0.717) is 31.8 Å². The molecule has 0 spiro atoms. The molecule has 0 bridgehead atoms. The summed E-state index contributed by atoms with van der Waals surface area (Å²) in [7, 11) is 1.70. The SMILES string of the molecule is C=C(/C(=C\C)[C@H](C(=O)O)N1CC[C@@H]([C@H](F)CCCCc2cc(OC)c3c(n2)NCCC3)C1)C1CC1. The fraction of sp³-hybridized carbons (Fsp3) is 0.643. The predicted molar refractivity (Wildman–Crippen MR) is 137 cm³/mol. The van der Waals surface area contributed by atoms with Gasteiger partial charge in [0, 0.05) is 36.3 Å². The van der Waals surface area contributed by atoms with Crippen LogP contribution in [0, 0.1) is 11.8 Å². The number of methoxy groups -OCH3 is 1. The van der Waals surface area contributed by atoms with Crippen LogP contribution in [0.3, 0.4) is 0 Å². The number of nitrogens with one attached hydrogen (secondary N) is 1. The maximum atomic E-state index is 15.1. The Morgan fingerprint density at radius 3 is 2.89 bits per heavy atom. The Morgan fingerprint density at radius 1 is 1.40 bits per heavy atom. The highest BCUT2D eigenvalue weighted by molar-refractivity contribution is 5.79. The number of unbranched alkanes of at least 4 members (excludes halogenated alkanes) is 1. The number of alkyl halides is 1. The van der Waals surface area contributed by atoms with Gasteiger partial charge in [-0.05, 0) is 81.9 Å². The van der Waals surface area contributed by atoms with Crippen LogP contribution in [-0.2, 0) is 17.6 Å². The number of carbonyl (C=O) groups is 1. The van der Waals surface area contributed by atoms with Gasteiger partial charge >= 0.3 is 5.97 Å². The minimum atomic E-state index is -0.914. The number of carboxylic acids is 1. The number of fused-ring (bicyclic) bond motifs is 1. The molecule has 0 amide bonds. The molecule has 2 aliphatic heterocycles. The fourth-order valence-electron chi connectivity index (χ4n) is 5.67. The number of halogens is 1. The summed E-state index contributed by atoms with van der Waals surface area (Å²) in [5.41, 5.74) is 3.89. The van der Waals surface area contributed by atoms with Gasteiger partial charge in [-0.1, -0.05) is 19.1 Å². The second kappa shape index (κ2) is 11.5. The number of aromatic nitrogens is 1. The number of allylic oxidation sites excluding steroid dienone is 1. The zero-order valence-electron chi connectivity index (χ0n) is 21.2. The quantitative estimate of drug-likeness (QED) is 0.314. The molecule has 1 aliphatic carbocycles. The molecule has 0 radical (unpaired) electrons. The first kappa shape index (κ1) is 25.7. The van der Waals surface area contributed by atoms with E-state index < -0.39 is 18.2 Å². The topological polar surface area (TPSA) is 74.7 Å². The zero-order chi connectivity index (χ0) is 24.9.